The fourth-order valence-electron chi connectivity index (χ4n) is 2.63. The van der Waals surface area contributed by atoms with Crippen LogP contribution in [0.3, 0.4) is 0 Å². The summed E-state index contributed by atoms with van der Waals surface area (Å²) < 4.78 is 26.6. The number of carbonyl (C=O) groups is 1. The lowest BCUT2D eigenvalue weighted by Gasteiger charge is -2.32. The molecule has 2 aromatic carbocycles. The Morgan fingerprint density at radius 1 is 1.12 bits per heavy atom. The minimum Gasteiger partial charge on any atom is -0.348 e. The number of Topliss-reactive ketones (excluding diaryl/α,β-unsaturated/α-hetero) is 1. The number of ketones is 1. The zero-order chi connectivity index (χ0) is 17.5. The van der Waals surface area contributed by atoms with Crippen molar-refractivity contribution in [1.29, 1.82) is 0 Å². The second kappa shape index (κ2) is 5.99. The van der Waals surface area contributed by atoms with Crippen LogP contribution in [0.1, 0.15) is 15.9 Å². The number of rotatable bonds is 2. The summed E-state index contributed by atoms with van der Waals surface area (Å²) in [6.07, 6.45) is 0. The Bertz CT molecular complexity index is 921. The van der Waals surface area contributed by atoms with E-state index in [4.69, 9.17) is 12.2 Å². The molecule has 2 aromatic rings. The highest BCUT2D eigenvalue weighted by atomic mass is 32.2. The number of benzene rings is 2. The van der Waals surface area contributed by atoms with Crippen molar-refractivity contribution in [1.82, 2.24) is 0 Å². The molecule has 0 fully saturated rings. The predicted molar refractivity (Wildman–Crippen MR) is 99.3 cm³/mol. The molecule has 0 saturated heterocycles. The lowest BCUT2D eigenvalue weighted by Crippen LogP contribution is -2.51. The molecule has 1 aliphatic rings. The number of anilines is 2. The van der Waals surface area contributed by atoms with Crippen LogP contribution in [0, 0.1) is 6.92 Å². The average Bonchev–Trinajstić information content (AvgIpc) is 2.55. The fourth-order valence-corrected chi connectivity index (χ4v) is 4.69. The second-order valence-corrected chi connectivity index (χ2v) is 8.12. The van der Waals surface area contributed by atoms with Gasteiger partial charge in [0.25, 0.3) is 10.0 Å². The van der Waals surface area contributed by atoms with Crippen LogP contribution in [0.2, 0.25) is 0 Å². The van der Waals surface area contributed by atoms with E-state index >= 15 is 0 Å². The number of para-hydroxylation sites is 1. The van der Waals surface area contributed by atoms with Gasteiger partial charge in [-0.3, -0.25) is 9.10 Å². The third-order valence-electron chi connectivity index (χ3n) is 3.98. The molecule has 3 rings (SSSR count). The van der Waals surface area contributed by atoms with Crippen LogP contribution in [-0.2, 0) is 10.0 Å². The molecule has 0 bridgehead atoms. The van der Waals surface area contributed by atoms with Gasteiger partial charge in [0.1, 0.15) is 4.99 Å². The molecule has 124 valence electrons. The first-order chi connectivity index (χ1) is 11.3. The van der Waals surface area contributed by atoms with Gasteiger partial charge in [-0.1, -0.05) is 42.0 Å². The molecule has 0 aromatic heterocycles. The van der Waals surface area contributed by atoms with Crippen molar-refractivity contribution in [2.45, 2.75) is 12.2 Å². The van der Waals surface area contributed by atoms with Crippen molar-refractivity contribution in [3.8, 4) is 0 Å². The number of carbonyl (C=O) groups excluding carboxylic acids is 1. The van der Waals surface area contributed by atoms with E-state index in [0.717, 1.165) is 9.87 Å². The van der Waals surface area contributed by atoms with E-state index in [1.54, 1.807) is 36.4 Å². The zero-order valence-corrected chi connectivity index (χ0v) is 14.8. The lowest BCUT2D eigenvalue weighted by molar-refractivity contribution is 0.100. The summed E-state index contributed by atoms with van der Waals surface area (Å²) in [7, 11) is -2.48. The Balaban J connectivity index is 1.99. The normalized spacial score (nSPS) is 18.8. The summed E-state index contributed by atoms with van der Waals surface area (Å²) in [6.45, 7) is 1.95. The average molecular weight is 360 g/mol. The molecule has 0 saturated carbocycles. The van der Waals surface area contributed by atoms with Gasteiger partial charge >= 0.3 is 0 Å². The molecule has 1 atom stereocenters. The van der Waals surface area contributed by atoms with Gasteiger partial charge in [-0.2, -0.15) is 0 Å². The van der Waals surface area contributed by atoms with E-state index in [9.17, 15) is 13.2 Å². The highest BCUT2D eigenvalue weighted by Gasteiger charge is 2.45. The van der Waals surface area contributed by atoms with Crippen LogP contribution >= 0.6 is 12.2 Å². The van der Waals surface area contributed by atoms with E-state index < -0.39 is 21.1 Å². The number of fused-ring (bicyclic) bond motifs is 1. The standard InChI is InChI=1S/C17H16N2O3S2/c1-11-7-9-12(10-8-11)18-17(23)16-15(20)13-5-3-4-6-14(13)19(2)24(16,21)22/h3-10,16H,1-2H3,(H,18,23)/t16-/m1/s1. The molecule has 0 aliphatic carbocycles. The number of hydrogen-bond donors (Lipinski definition) is 1. The van der Waals surface area contributed by atoms with Crippen molar-refractivity contribution < 1.29 is 13.2 Å². The van der Waals surface area contributed by atoms with Gasteiger partial charge in [0, 0.05) is 18.3 Å². The third kappa shape index (κ3) is 2.70. The molecular formula is C17H16N2O3S2. The third-order valence-corrected chi connectivity index (χ3v) is 6.48. The first-order valence-corrected chi connectivity index (χ1v) is 9.22. The summed E-state index contributed by atoms with van der Waals surface area (Å²) >= 11 is 5.26. The first-order valence-electron chi connectivity index (χ1n) is 7.31. The number of hydrogen-bond acceptors (Lipinski definition) is 4. The smallest absolute Gasteiger partial charge is 0.252 e. The SMILES string of the molecule is Cc1ccc(NC(=S)[C@H]2C(=O)c3ccccc3N(C)S2(=O)=O)cc1. The van der Waals surface area contributed by atoms with Crippen LogP contribution < -0.4 is 9.62 Å². The van der Waals surface area contributed by atoms with E-state index in [2.05, 4.69) is 5.32 Å². The largest absolute Gasteiger partial charge is 0.348 e. The van der Waals surface area contributed by atoms with Crippen molar-refractivity contribution in [3.05, 3.63) is 59.7 Å². The van der Waals surface area contributed by atoms with Crippen LogP contribution in [-0.4, -0.2) is 31.5 Å². The highest BCUT2D eigenvalue weighted by Crippen LogP contribution is 2.32. The molecule has 0 radical (unpaired) electrons. The number of nitrogens with one attached hydrogen (secondary N) is 1. The summed E-state index contributed by atoms with van der Waals surface area (Å²) in [5.74, 6) is -0.506. The van der Waals surface area contributed by atoms with E-state index in [1.807, 2.05) is 19.1 Å². The van der Waals surface area contributed by atoms with Gasteiger partial charge in [-0.15, -0.1) is 0 Å². The second-order valence-electron chi connectivity index (χ2n) is 5.63. The highest BCUT2D eigenvalue weighted by molar-refractivity contribution is 7.96. The molecule has 1 heterocycles. The minimum atomic E-state index is -3.91. The first kappa shape index (κ1) is 16.6. The Labute approximate surface area is 146 Å². The number of aryl methyl sites for hydroxylation is 1. The van der Waals surface area contributed by atoms with Crippen molar-refractivity contribution in [2.75, 3.05) is 16.7 Å². The van der Waals surface area contributed by atoms with Gasteiger partial charge in [0.2, 0.25) is 0 Å². The number of nitrogens with zero attached hydrogens (tertiary/aromatic N) is 1. The molecule has 0 unspecified atom stereocenters. The van der Waals surface area contributed by atoms with Crippen LogP contribution in [0.15, 0.2) is 48.5 Å². The van der Waals surface area contributed by atoms with Gasteiger partial charge < -0.3 is 5.32 Å². The molecule has 5 nitrogen and oxygen atoms in total. The van der Waals surface area contributed by atoms with Crippen molar-refractivity contribution in [2.24, 2.45) is 0 Å². The summed E-state index contributed by atoms with van der Waals surface area (Å²) in [5, 5.41) is 1.46. The van der Waals surface area contributed by atoms with E-state index in [-0.39, 0.29) is 4.99 Å². The van der Waals surface area contributed by atoms with Gasteiger partial charge in [-0.05, 0) is 31.2 Å². The quantitative estimate of drug-likeness (QED) is 0.834. The Kier molecular flexibility index (Phi) is 4.15. The molecule has 24 heavy (non-hydrogen) atoms. The zero-order valence-electron chi connectivity index (χ0n) is 13.2. The molecule has 0 spiro atoms. The Morgan fingerprint density at radius 3 is 2.42 bits per heavy atom. The minimum absolute atomic E-state index is 0.0230. The maximum absolute atomic E-state index is 12.7. The maximum Gasteiger partial charge on any atom is 0.252 e. The Hall–Kier alpha value is -2.25. The van der Waals surface area contributed by atoms with Crippen molar-refractivity contribution >= 4 is 44.4 Å². The van der Waals surface area contributed by atoms with Crippen molar-refractivity contribution in [3.63, 3.8) is 0 Å². The molecule has 7 heteroatoms. The van der Waals surface area contributed by atoms with Crippen LogP contribution in [0.4, 0.5) is 11.4 Å². The molecule has 1 N–H and O–H groups in total. The van der Waals surface area contributed by atoms with Crippen LogP contribution in [0.25, 0.3) is 0 Å². The summed E-state index contributed by atoms with van der Waals surface area (Å²) in [6, 6.07) is 14.0. The molecule has 1 aliphatic heterocycles. The van der Waals surface area contributed by atoms with Crippen LogP contribution in [0.5, 0.6) is 0 Å². The predicted octanol–water partition coefficient (Wildman–Crippen LogP) is 2.77. The number of sulfonamides is 1. The topological polar surface area (TPSA) is 66.5 Å². The lowest BCUT2D eigenvalue weighted by atomic mass is 10.1. The molecule has 0 amide bonds. The summed E-state index contributed by atoms with van der Waals surface area (Å²) in [5.41, 5.74) is 2.45. The fraction of sp³-hybridized carbons (Fsp3) is 0.176. The molecular weight excluding hydrogens is 344 g/mol. The number of thiocarbonyl (C=S) groups is 1. The van der Waals surface area contributed by atoms with Gasteiger partial charge in [0.05, 0.1) is 5.69 Å². The summed E-state index contributed by atoms with van der Waals surface area (Å²) in [4.78, 5) is 12.7. The van der Waals surface area contributed by atoms with E-state index in [0.29, 0.717) is 16.9 Å². The Morgan fingerprint density at radius 2 is 1.75 bits per heavy atom. The van der Waals surface area contributed by atoms with Gasteiger partial charge in [-0.25, -0.2) is 8.42 Å². The maximum atomic E-state index is 12.7. The van der Waals surface area contributed by atoms with E-state index in [1.165, 1.54) is 7.05 Å². The van der Waals surface area contributed by atoms with Gasteiger partial charge in [0.15, 0.2) is 11.0 Å². The monoisotopic (exact) mass is 360 g/mol.